The lowest BCUT2D eigenvalue weighted by Crippen LogP contribution is -2.37. The molecule has 0 amide bonds. The summed E-state index contributed by atoms with van der Waals surface area (Å²) in [5.41, 5.74) is 0.832. The molecule has 0 bridgehead atoms. The fourth-order valence-corrected chi connectivity index (χ4v) is 1.53. The molecule has 1 aromatic carbocycles. The maximum Gasteiger partial charge on any atom is 0.282 e. The number of aliphatic hydroxyl groups is 1. The van der Waals surface area contributed by atoms with Gasteiger partial charge in [0.25, 0.3) is 5.92 Å². The van der Waals surface area contributed by atoms with Gasteiger partial charge in [-0.05, 0) is 24.1 Å². The van der Waals surface area contributed by atoms with Crippen molar-refractivity contribution >= 4 is 0 Å². The zero-order valence-corrected chi connectivity index (χ0v) is 9.66. The third-order valence-corrected chi connectivity index (χ3v) is 2.54. The van der Waals surface area contributed by atoms with Crippen LogP contribution in [-0.4, -0.2) is 29.3 Å². The first kappa shape index (κ1) is 13.9. The molecule has 3 N–H and O–H groups in total. The number of rotatable bonds is 6. The Bertz CT molecular complexity index is 341. The summed E-state index contributed by atoms with van der Waals surface area (Å²) in [4.78, 5) is 0. The molecule has 1 aromatic rings. The molecule has 3 nitrogen and oxygen atoms in total. The molecule has 0 saturated heterocycles. The first-order chi connectivity index (χ1) is 7.98. The van der Waals surface area contributed by atoms with Gasteiger partial charge in [-0.3, -0.25) is 0 Å². The van der Waals surface area contributed by atoms with E-state index in [-0.39, 0.29) is 11.8 Å². The smallest absolute Gasteiger partial charge is 0.282 e. The predicted octanol–water partition coefficient (Wildman–Crippen LogP) is 2.06. The quantitative estimate of drug-likeness (QED) is 0.719. The Hall–Kier alpha value is -1.20. The van der Waals surface area contributed by atoms with E-state index in [1.54, 1.807) is 12.1 Å². The number of alkyl halides is 2. The van der Waals surface area contributed by atoms with E-state index in [4.69, 9.17) is 10.2 Å². The zero-order chi connectivity index (χ0) is 12.9. The number of hydrogen-bond donors (Lipinski definition) is 3. The van der Waals surface area contributed by atoms with Gasteiger partial charge in [-0.15, -0.1) is 0 Å². The molecular formula is C12H17F2NO2. The molecule has 1 unspecified atom stereocenters. The van der Waals surface area contributed by atoms with Gasteiger partial charge in [0, 0.05) is 6.04 Å². The Morgan fingerprint density at radius 1 is 1.29 bits per heavy atom. The normalized spacial score (nSPS) is 13.6. The van der Waals surface area contributed by atoms with Crippen LogP contribution in [0.25, 0.3) is 0 Å². The lowest BCUT2D eigenvalue weighted by molar-refractivity contribution is -0.0494. The van der Waals surface area contributed by atoms with Crippen molar-refractivity contribution in [2.45, 2.75) is 25.3 Å². The summed E-state index contributed by atoms with van der Waals surface area (Å²) in [7, 11) is 0. The monoisotopic (exact) mass is 245 g/mol. The highest BCUT2D eigenvalue weighted by molar-refractivity contribution is 5.27. The molecule has 0 saturated carbocycles. The molecule has 0 radical (unpaired) electrons. The van der Waals surface area contributed by atoms with Gasteiger partial charge >= 0.3 is 0 Å². The molecular weight excluding hydrogens is 228 g/mol. The van der Waals surface area contributed by atoms with Gasteiger partial charge in [-0.1, -0.05) is 19.1 Å². The first-order valence-corrected chi connectivity index (χ1v) is 5.49. The highest BCUT2D eigenvalue weighted by Crippen LogP contribution is 2.21. The van der Waals surface area contributed by atoms with Crippen molar-refractivity contribution in [1.29, 1.82) is 0 Å². The van der Waals surface area contributed by atoms with Gasteiger partial charge in [0.1, 0.15) is 12.4 Å². The van der Waals surface area contributed by atoms with E-state index < -0.39 is 19.1 Å². The average Bonchev–Trinajstić information content (AvgIpc) is 2.32. The maximum atomic E-state index is 12.9. The minimum Gasteiger partial charge on any atom is -0.508 e. The maximum absolute atomic E-state index is 12.9. The first-order valence-electron chi connectivity index (χ1n) is 5.49. The van der Waals surface area contributed by atoms with Crippen molar-refractivity contribution in [3.63, 3.8) is 0 Å². The molecule has 1 atom stereocenters. The second-order valence-corrected chi connectivity index (χ2v) is 3.95. The topological polar surface area (TPSA) is 52.5 Å². The van der Waals surface area contributed by atoms with E-state index in [1.165, 1.54) is 12.1 Å². The molecule has 0 aromatic heterocycles. The Balaban J connectivity index is 2.63. The summed E-state index contributed by atoms with van der Waals surface area (Å²) in [5.74, 6) is -2.96. The van der Waals surface area contributed by atoms with Crippen molar-refractivity contribution in [1.82, 2.24) is 5.32 Å². The van der Waals surface area contributed by atoms with Crippen LogP contribution >= 0.6 is 0 Å². The fraction of sp³-hybridized carbons (Fsp3) is 0.500. The van der Waals surface area contributed by atoms with Gasteiger partial charge in [-0.2, -0.15) is 0 Å². The Kier molecular flexibility index (Phi) is 4.84. The predicted molar refractivity (Wildman–Crippen MR) is 61.2 cm³/mol. The SMILES string of the molecule is CCC(NCC(F)(F)CO)c1ccc(O)cc1. The second-order valence-electron chi connectivity index (χ2n) is 3.95. The Labute approximate surface area is 99.1 Å². The van der Waals surface area contributed by atoms with Crippen molar-refractivity contribution in [3.8, 4) is 5.75 Å². The van der Waals surface area contributed by atoms with Crippen LogP contribution < -0.4 is 5.32 Å². The summed E-state index contributed by atoms with van der Waals surface area (Å²) >= 11 is 0. The van der Waals surface area contributed by atoms with E-state index in [0.717, 1.165) is 5.56 Å². The Morgan fingerprint density at radius 2 is 1.88 bits per heavy atom. The number of aliphatic hydroxyl groups excluding tert-OH is 1. The molecule has 5 heteroatoms. The summed E-state index contributed by atoms with van der Waals surface area (Å²) in [5, 5.41) is 20.3. The molecule has 1 rings (SSSR count). The summed E-state index contributed by atoms with van der Waals surface area (Å²) in [6.07, 6.45) is 0.645. The number of halogens is 2. The minimum atomic E-state index is -3.11. The van der Waals surface area contributed by atoms with Crippen LogP contribution in [0.4, 0.5) is 8.78 Å². The van der Waals surface area contributed by atoms with E-state index in [0.29, 0.717) is 6.42 Å². The molecule has 0 aliphatic carbocycles. The van der Waals surface area contributed by atoms with Crippen LogP contribution in [0.1, 0.15) is 24.9 Å². The van der Waals surface area contributed by atoms with E-state index in [9.17, 15) is 8.78 Å². The highest BCUT2D eigenvalue weighted by atomic mass is 19.3. The minimum absolute atomic E-state index is 0.143. The third-order valence-electron chi connectivity index (χ3n) is 2.54. The van der Waals surface area contributed by atoms with Gasteiger partial charge in [0.15, 0.2) is 0 Å². The highest BCUT2D eigenvalue weighted by Gasteiger charge is 2.28. The van der Waals surface area contributed by atoms with Crippen molar-refractivity contribution in [3.05, 3.63) is 29.8 Å². The second kappa shape index (κ2) is 5.93. The largest absolute Gasteiger partial charge is 0.508 e. The molecule has 0 aliphatic heterocycles. The summed E-state index contributed by atoms with van der Waals surface area (Å²) in [6.45, 7) is 0.149. The number of nitrogens with one attached hydrogen (secondary N) is 1. The van der Waals surface area contributed by atoms with Crippen LogP contribution in [-0.2, 0) is 0 Å². The number of aromatic hydroxyl groups is 1. The molecule has 0 aliphatic rings. The van der Waals surface area contributed by atoms with E-state index in [2.05, 4.69) is 5.32 Å². The third kappa shape index (κ3) is 4.28. The van der Waals surface area contributed by atoms with Crippen molar-refractivity contribution in [2.75, 3.05) is 13.2 Å². The van der Waals surface area contributed by atoms with Crippen molar-refractivity contribution in [2.24, 2.45) is 0 Å². The van der Waals surface area contributed by atoms with Crippen LogP contribution in [0.2, 0.25) is 0 Å². The average molecular weight is 245 g/mol. The van der Waals surface area contributed by atoms with E-state index in [1.807, 2.05) is 6.92 Å². The fourth-order valence-electron chi connectivity index (χ4n) is 1.53. The molecule has 0 heterocycles. The van der Waals surface area contributed by atoms with Crippen molar-refractivity contribution < 1.29 is 19.0 Å². The van der Waals surface area contributed by atoms with Gasteiger partial charge < -0.3 is 15.5 Å². The lowest BCUT2D eigenvalue weighted by Gasteiger charge is -2.21. The summed E-state index contributed by atoms with van der Waals surface area (Å²) in [6, 6.07) is 6.20. The van der Waals surface area contributed by atoms with Crippen LogP contribution in [0.3, 0.4) is 0 Å². The molecule has 0 fully saturated rings. The number of phenolic OH excluding ortho intramolecular Hbond substituents is 1. The summed E-state index contributed by atoms with van der Waals surface area (Å²) < 4.78 is 25.8. The molecule has 96 valence electrons. The number of phenols is 1. The van der Waals surface area contributed by atoms with Gasteiger partial charge in [-0.25, -0.2) is 8.78 Å². The lowest BCUT2D eigenvalue weighted by atomic mass is 10.0. The zero-order valence-electron chi connectivity index (χ0n) is 9.66. The molecule has 17 heavy (non-hydrogen) atoms. The molecule has 0 spiro atoms. The Morgan fingerprint density at radius 3 is 2.35 bits per heavy atom. The van der Waals surface area contributed by atoms with Crippen LogP contribution in [0, 0.1) is 0 Å². The van der Waals surface area contributed by atoms with Gasteiger partial charge in [0.05, 0.1) is 6.54 Å². The number of benzene rings is 1. The standard InChI is InChI=1S/C12H17F2NO2/c1-2-11(15-7-12(13,14)8-16)9-3-5-10(17)6-4-9/h3-6,11,15-17H,2,7-8H2,1H3. The number of hydrogen-bond acceptors (Lipinski definition) is 3. The van der Waals surface area contributed by atoms with Gasteiger partial charge in [0.2, 0.25) is 0 Å². The van der Waals surface area contributed by atoms with Crippen LogP contribution in [0.15, 0.2) is 24.3 Å². The van der Waals surface area contributed by atoms with Crippen LogP contribution in [0.5, 0.6) is 5.75 Å². The van der Waals surface area contributed by atoms with E-state index >= 15 is 0 Å².